The van der Waals surface area contributed by atoms with E-state index in [1.165, 1.54) is 31.1 Å². The van der Waals surface area contributed by atoms with Gasteiger partial charge in [-0.3, -0.25) is 28.8 Å². The molecule has 1 heterocycles. The van der Waals surface area contributed by atoms with Crippen molar-refractivity contribution in [2.24, 2.45) is 5.11 Å². The zero-order valence-electron chi connectivity index (χ0n) is 20.9. The minimum atomic E-state index is -0.819. The number of amides is 5. The lowest BCUT2D eigenvalue weighted by Crippen LogP contribution is -2.48. The first-order chi connectivity index (χ1) is 17.6. The van der Waals surface area contributed by atoms with Crippen LogP contribution in [-0.4, -0.2) is 84.9 Å². The van der Waals surface area contributed by atoms with Gasteiger partial charge in [0.05, 0.1) is 31.2 Å². The molecule has 0 saturated heterocycles. The molecule has 13 heteroatoms. The molecule has 1 unspecified atom stereocenters. The summed E-state index contributed by atoms with van der Waals surface area (Å²) in [4.78, 5) is 79.1. The molecule has 0 saturated carbocycles. The molecule has 1 atom stereocenters. The Morgan fingerprint density at radius 1 is 1.00 bits per heavy atom. The standard InChI is InChI=1S/C24H29N7O6/c1-4-19(32)18(11-12-26-28-25)27-20(33)14-29(2)24(37)15-30(3)23(36)13-16-5-7-17(8-6-16)31-21(34)9-10-22(31)35/h5-10,18H,4,11-15H2,1-3H3,(H,27,33). The van der Waals surface area contributed by atoms with E-state index in [0.29, 0.717) is 11.3 Å². The third-order valence-electron chi connectivity index (χ3n) is 5.62. The van der Waals surface area contributed by atoms with Crippen molar-refractivity contribution in [3.8, 4) is 0 Å². The summed E-state index contributed by atoms with van der Waals surface area (Å²) >= 11 is 0. The van der Waals surface area contributed by atoms with Crippen LogP contribution in [0.1, 0.15) is 25.3 Å². The van der Waals surface area contributed by atoms with E-state index in [9.17, 15) is 28.8 Å². The van der Waals surface area contributed by atoms with Gasteiger partial charge in [0.2, 0.25) is 17.7 Å². The molecule has 0 fully saturated rings. The van der Waals surface area contributed by atoms with Gasteiger partial charge in [0.25, 0.3) is 11.8 Å². The van der Waals surface area contributed by atoms with Crippen LogP contribution in [0.2, 0.25) is 0 Å². The summed E-state index contributed by atoms with van der Waals surface area (Å²) in [5.41, 5.74) is 9.40. The number of likely N-dealkylation sites (N-methyl/N-ethyl adjacent to an activating group) is 2. The van der Waals surface area contributed by atoms with Gasteiger partial charge in [0.15, 0.2) is 5.78 Å². The van der Waals surface area contributed by atoms with E-state index in [4.69, 9.17) is 5.53 Å². The molecule has 1 aromatic rings. The molecule has 0 bridgehead atoms. The number of anilines is 1. The number of carbonyl (C=O) groups excluding carboxylic acids is 6. The molecule has 2 rings (SSSR count). The SMILES string of the molecule is CCC(=O)C(CCN=[N+]=[N-])NC(=O)CN(C)C(=O)CN(C)C(=O)Cc1ccc(N2C(=O)C=CC2=O)cc1. The first-order valence-electron chi connectivity index (χ1n) is 11.5. The average molecular weight is 512 g/mol. The lowest BCUT2D eigenvalue weighted by Gasteiger charge is -2.23. The van der Waals surface area contributed by atoms with Gasteiger partial charge in [-0.05, 0) is 29.6 Å². The quantitative estimate of drug-likeness (QED) is 0.177. The maximum absolute atomic E-state index is 12.6. The monoisotopic (exact) mass is 511 g/mol. The Morgan fingerprint density at radius 2 is 1.59 bits per heavy atom. The van der Waals surface area contributed by atoms with Crippen molar-refractivity contribution in [1.29, 1.82) is 0 Å². The number of Topliss-reactive ketones (excluding diaryl/α,β-unsaturated/α-hetero) is 1. The molecule has 1 aliphatic rings. The number of carbonyl (C=O) groups is 6. The number of nitrogens with one attached hydrogen (secondary N) is 1. The van der Waals surface area contributed by atoms with Gasteiger partial charge in [-0.25, -0.2) is 4.90 Å². The molecular weight excluding hydrogens is 482 g/mol. The molecule has 1 aliphatic heterocycles. The molecule has 196 valence electrons. The first kappa shape index (κ1) is 28.7. The number of azide groups is 1. The molecular formula is C24H29N7O6. The summed E-state index contributed by atoms with van der Waals surface area (Å²) in [6, 6.07) is 5.54. The van der Waals surface area contributed by atoms with Crippen molar-refractivity contribution >= 4 is 41.0 Å². The highest BCUT2D eigenvalue weighted by Crippen LogP contribution is 2.19. The molecule has 37 heavy (non-hydrogen) atoms. The van der Waals surface area contributed by atoms with Crippen molar-refractivity contribution in [3.63, 3.8) is 0 Å². The number of nitrogens with zero attached hydrogens (tertiary/aromatic N) is 6. The number of imide groups is 1. The van der Waals surface area contributed by atoms with E-state index in [2.05, 4.69) is 15.3 Å². The summed E-state index contributed by atoms with van der Waals surface area (Å²) in [5, 5.41) is 5.93. The van der Waals surface area contributed by atoms with Gasteiger partial charge >= 0.3 is 0 Å². The van der Waals surface area contributed by atoms with Crippen LogP contribution in [0.25, 0.3) is 10.4 Å². The highest BCUT2D eigenvalue weighted by molar-refractivity contribution is 6.28. The minimum Gasteiger partial charge on any atom is -0.345 e. The summed E-state index contributed by atoms with van der Waals surface area (Å²) in [7, 11) is 2.87. The smallest absolute Gasteiger partial charge is 0.258 e. The lowest BCUT2D eigenvalue weighted by molar-refractivity contribution is -0.140. The Labute approximate surface area is 213 Å². The van der Waals surface area contributed by atoms with Crippen molar-refractivity contribution in [1.82, 2.24) is 15.1 Å². The van der Waals surface area contributed by atoms with Crippen LogP contribution in [-0.2, 0) is 35.2 Å². The normalized spacial score (nSPS) is 13.1. The third kappa shape index (κ3) is 8.29. The van der Waals surface area contributed by atoms with Crippen LogP contribution in [0.4, 0.5) is 5.69 Å². The second-order valence-corrected chi connectivity index (χ2v) is 8.37. The highest BCUT2D eigenvalue weighted by Gasteiger charge is 2.25. The second kappa shape index (κ2) is 13.5. The Hall–Kier alpha value is -4.51. The van der Waals surface area contributed by atoms with Crippen LogP contribution >= 0.6 is 0 Å². The Bertz CT molecular complexity index is 1120. The highest BCUT2D eigenvalue weighted by atomic mass is 16.2. The van der Waals surface area contributed by atoms with E-state index in [0.717, 1.165) is 9.80 Å². The number of hydrogen-bond acceptors (Lipinski definition) is 7. The van der Waals surface area contributed by atoms with Crippen LogP contribution in [0.5, 0.6) is 0 Å². The van der Waals surface area contributed by atoms with Crippen molar-refractivity contribution in [2.75, 3.05) is 38.6 Å². The zero-order chi connectivity index (χ0) is 27.5. The van der Waals surface area contributed by atoms with Crippen molar-refractivity contribution in [3.05, 3.63) is 52.4 Å². The van der Waals surface area contributed by atoms with Gasteiger partial charge in [0, 0.05) is 44.1 Å². The van der Waals surface area contributed by atoms with Crippen LogP contribution < -0.4 is 10.2 Å². The first-order valence-corrected chi connectivity index (χ1v) is 11.5. The molecule has 5 amide bonds. The molecule has 1 aromatic carbocycles. The van der Waals surface area contributed by atoms with Gasteiger partial charge < -0.3 is 15.1 Å². The van der Waals surface area contributed by atoms with Crippen LogP contribution in [0.3, 0.4) is 0 Å². The maximum atomic E-state index is 12.6. The molecule has 13 nitrogen and oxygen atoms in total. The van der Waals surface area contributed by atoms with Gasteiger partial charge in [-0.1, -0.05) is 24.2 Å². The van der Waals surface area contributed by atoms with Crippen LogP contribution in [0.15, 0.2) is 41.5 Å². The summed E-state index contributed by atoms with van der Waals surface area (Å²) in [6.45, 7) is 1.11. The maximum Gasteiger partial charge on any atom is 0.258 e. The fourth-order valence-corrected chi connectivity index (χ4v) is 3.47. The topological polar surface area (TPSA) is 173 Å². The molecule has 0 aromatic heterocycles. The largest absolute Gasteiger partial charge is 0.345 e. The van der Waals surface area contributed by atoms with Crippen molar-refractivity contribution in [2.45, 2.75) is 32.2 Å². The second-order valence-electron chi connectivity index (χ2n) is 8.37. The Kier molecular flexibility index (Phi) is 10.5. The Morgan fingerprint density at radius 3 is 2.16 bits per heavy atom. The fourth-order valence-electron chi connectivity index (χ4n) is 3.47. The number of rotatable bonds is 13. The fraction of sp³-hybridized carbons (Fsp3) is 0.417. The van der Waals surface area contributed by atoms with E-state index in [1.807, 2.05) is 0 Å². The molecule has 0 radical (unpaired) electrons. The van der Waals surface area contributed by atoms with Gasteiger partial charge in [-0.15, -0.1) is 0 Å². The van der Waals surface area contributed by atoms with Crippen molar-refractivity contribution < 1.29 is 28.8 Å². The summed E-state index contributed by atoms with van der Waals surface area (Å²) in [5.74, 6) is -2.48. The van der Waals surface area contributed by atoms with Gasteiger partial charge in [0.1, 0.15) is 0 Å². The zero-order valence-corrected chi connectivity index (χ0v) is 20.9. The average Bonchev–Trinajstić information content (AvgIpc) is 3.20. The van der Waals surface area contributed by atoms with E-state index in [-0.39, 0.29) is 50.6 Å². The third-order valence-corrected chi connectivity index (χ3v) is 5.62. The lowest BCUT2D eigenvalue weighted by atomic mass is 10.1. The molecule has 0 spiro atoms. The summed E-state index contributed by atoms with van der Waals surface area (Å²) < 4.78 is 0. The molecule has 0 aliphatic carbocycles. The predicted octanol–water partition coefficient (Wildman–Crippen LogP) is 0.740. The van der Waals surface area contributed by atoms with E-state index in [1.54, 1.807) is 31.2 Å². The summed E-state index contributed by atoms with van der Waals surface area (Å²) in [6.07, 6.45) is 2.70. The number of hydrogen-bond donors (Lipinski definition) is 1. The predicted molar refractivity (Wildman–Crippen MR) is 133 cm³/mol. The number of benzene rings is 1. The van der Waals surface area contributed by atoms with E-state index >= 15 is 0 Å². The Balaban J connectivity index is 1.86. The van der Waals surface area contributed by atoms with E-state index < -0.39 is 29.7 Å². The number of ketones is 1. The molecule has 1 N–H and O–H groups in total. The minimum absolute atomic E-state index is 0.0135. The van der Waals surface area contributed by atoms with Gasteiger partial charge in [-0.2, -0.15) is 0 Å². The van der Waals surface area contributed by atoms with Crippen LogP contribution in [0, 0.1) is 0 Å².